The lowest BCUT2D eigenvalue weighted by atomic mass is 10.1. The van der Waals surface area contributed by atoms with Crippen LogP contribution in [0, 0.1) is 11.6 Å². The Hall–Kier alpha value is -3.09. The SMILES string of the molecule is O=C(NCCc1ccc2c(c1)OCO2)c1cc2c(F)cc(F)cc2[nH]1. The molecule has 0 saturated carbocycles. The number of fused-ring (bicyclic) bond motifs is 2. The molecule has 0 fully saturated rings. The molecule has 0 radical (unpaired) electrons. The van der Waals surface area contributed by atoms with Gasteiger partial charge in [-0.3, -0.25) is 4.79 Å². The summed E-state index contributed by atoms with van der Waals surface area (Å²) in [7, 11) is 0. The van der Waals surface area contributed by atoms with Crippen LogP contribution in [-0.4, -0.2) is 24.2 Å². The van der Waals surface area contributed by atoms with E-state index in [4.69, 9.17) is 9.47 Å². The summed E-state index contributed by atoms with van der Waals surface area (Å²) in [5, 5.41) is 2.93. The number of H-pyrrole nitrogens is 1. The van der Waals surface area contributed by atoms with Crippen molar-refractivity contribution in [3.63, 3.8) is 0 Å². The molecule has 7 heteroatoms. The molecule has 128 valence electrons. The highest BCUT2D eigenvalue weighted by atomic mass is 19.1. The third-order valence-electron chi connectivity index (χ3n) is 4.03. The van der Waals surface area contributed by atoms with Crippen LogP contribution in [0.1, 0.15) is 16.1 Å². The van der Waals surface area contributed by atoms with Crippen LogP contribution in [0.4, 0.5) is 8.78 Å². The Morgan fingerprint density at radius 3 is 2.84 bits per heavy atom. The first kappa shape index (κ1) is 15.4. The zero-order valence-corrected chi connectivity index (χ0v) is 13.1. The largest absolute Gasteiger partial charge is 0.454 e. The van der Waals surface area contributed by atoms with Crippen molar-refractivity contribution in [2.45, 2.75) is 6.42 Å². The molecule has 1 aliphatic heterocycles. The molecule has 0 aliphatic carbocycles. The molecule has 2 aromatic carbocycles. The first-order valence-corrected chi connectivity index (χ1v) is 7.74. The van der Waals surface area contributed by atoms with Gasteiger partial charge >= 0.3 is 0 Å². The van der Waals surface area contributed by atoms with E-state index in [9.17, 15) is 13.6 Å². The van der Waals surface area contributed by atoms with E-state index in [-0.39, 0.29) is 29.3 Å². The summed E-state index contributed by atoms with van der Waals surface area (Å²) in [5.74, 6) is -0.374. The van der Waals surface area contributed by atoms with Crippen molar-refractivity contribution in [3.05, 3.63) is 59.3 Å². The van der Waals surface area contributed by atoms with Crippen molar-refractivity contribution < 1.29 is 23.0 Å². The smallest absolute Gasteiger partial charge is 0.267 e. The molecule has 1 aromatic heterocycles. The molecule has 1 amide bonds. The lowest BCUT2D eigenvalue weighted by Crippen LogP contribution is -2.25. The summed E-state index contributed by atoms with van der Waals surface area (Å²) in [6.45, 7) is 0.609. The molecule has 2 heterocycles. The van der Waals surface area contributed by atoms with Crippen LogP contribution in [0.25, 0.3) is 10.9 Å². The molecule has 0 spiro atoms. The molecule has 0 saturated heterocycles. The van der Waals surface area contributed by atoms with Gasteiger partial charge in [0.25, 0.3) is 5.91 Å². The minimum absolute atomic E-state index is 0.183. The number of aromatic amines is 1. The average Bonchev–Trinajstić information content (AvgIpc) is 3.20. The van der Waals surface area contributed by atoms with Gasteiger partial charge in [-0.05, 0) is 36.2 Å². The molecule has 0 atom stereocenters. The quantitative estimate of drug-likeness (QED) is 0.764. The standard InChI is InChI=1S/C18H14F2N2O3/c19-11-6-13(20)12-8-15(22-14(12)7-11)18(23)21-4-3-10-1-2-16-17(5-10)25-9-24-16/h1-2,5-8,22H,3-4,9H2,(H,21,23). The average molecular weight is 344 g/mol. The van der Waals surface area contributed by atoms with Gasteiger partial charge in [-0.15, -0.1) is 0 Å². The fourth-order valence-electron chi connectivity index (χ4n) is 2.79. The summed E-state index contributed by atoms with van der Waals surface area (Å²) in [6, 6.07) is 8.92. The van der Waals surface area contributed by atoms with Crippen molar-refractivity contribution >= 4 is 16.8 Å². The second kappa shape index (κ2) is 6.08. The Bertz CT molecular complexity index is 968. The minimum atomic E-state index is -0.703. The molecule has 2 N–H and O–H groups in total. The van der Waals surface area contributed by atoms with Gasteiger partial charge in [0.05, 0.1) is 5.52 Å². The van der Waals surface area contributed by atoms with Crippen LogP contribution in [0.5, 0.6) is 11.5 Å². The Morgan fingerprint density at radius 1 is 1.12 bits per heavy atom. The maximum Gasteiger partial charge on any atom is 0.267 e. The minimum Gasteiger partial charge on any atom is -0.454 e. The first-order chi connectivity index (χ1) is 12.1. The van der Waals surface area contributed by atoms with Crippen LogP contribution in [-0.2, 0) is 6.42 Å². The molecule has 0 unspecified atom stereocenters. The third kappa shape index (κ3) is 3.00. The molecule has 4 rings (SSSR count). The maximum atomic E-state index is 13.7. The van der Waals surface area contributed by atoms with Crippen molar-refractivity contribution in [2.24, 2.45) is 0 Å². The number of carbonyl (C=O) groups excluding carboxylic acids is 1. The first-order valence-electron chi connectivity index (χ1n) is 7.74. The van der Waals surface area contributed by atoms with Gasteiger partial charge in [-0.25, -0.2) is 8.78 Å². The van der Waals surface area contributed by atoms with Gasteiger partial charge in [0.2, 0.25) is 6.79 Å². The van der Waals surface area contributed by atoms with E-state index < -0.39 is 11.6 Å². The van der Waals surface area contributed by atoms with Crippen LogP contribution in [0.15, 0.2) is 36.4 Å². The number of carbonyl (C=O) groups is 1. The number of nitrogens with one attached hydrogen (secondary N) is 2. The zero-order valence-electron chi connectivity index (χ0n) is 13.1. The number of aromatic nitrogens is 1. The van der Waals surface area contributed by atoms with Crippen LogP contribution in [0.3, 0.4) is 0 Å². The van der Waals surface area contributed by atoms with Gasteiger partial charge in [0.15, 0.2) is 11.5 Å². The van der Waals surface area contributed by atoms with E-state index in [1.165, 1.54) is 6.07 Å². The lowest BCUT2D eigenvalue weighted by molar-refractivity contribution is 0.0950. The zero-order chi connectivity index (χ0) is 17.4. The Morgan fingerprint density at radius 2 is 1.96 bits per heavy atom. The highest BCUT2D eigenvalue weighted by Gasteiger charge is 2.15. The molecule has 3 aromatic rings. The summed E-state index contributed by atoms with van der Waals surface area (Å²) in [6.07, 6.45) is 0.603. The van der Waals surface area contributed by atoms with Crippen molar-refractivity contribution in [3.8, 4) is 11.5 Å². The van der Waals surface area contributed by atoms with E-state index >= 15 is 0 Å². The number of ether oxygens (including phenoxy) is 2. The fourth-order valence-corrected chi connectivity index (χ4v) is 2.79. The molecule has 1 aliphatic rings. The highest BCUT2D eigenvalue weighted by molar-refractivity contribution is 5.98. The van der Waals surface area contributed by atoms with E-state index in [1.807, 2.05) is 18.2 Å². The summed E-state index contributed by atoms with van der Waals surface area (Å²) in [5.41, 5.74) is 1.43. The van der Waals surface area contributed by atoms with Gasteiger partial charge < -0.3 is 19.8 Å². The highest BCUT2D eigenvalue weighted by Crippen LogP contribution is 2.32. The lowest BCUT2D eigenvalue weighted by Gasteiger charge is -2.05. The van der Waals surface area contributed by atoms with Crippen LogP contribution >= 0.6 is 0 Å². The van der Waals surface area contributed by atoms with Crippen LogP contribution < -0.4 is 14.8 Å². The fraction of sp³-hybridized carbons (Fsp3) is 0.167. The van der Waals surface area contributed by atoms with Gasteiger partial charge in [-0.2, -0.15) is 0 Å². The van der Waals surface area contributed by atoms with Crippen molar-refractivity contribution in [1.29, 1.82) is 0 Å². The van der Waals surface area contributed by atoms with E-state index in [2.05, 4.69) is 10.3 Å². The molecular formula is C18H14F2N2O3. The summed E-state index contributed by atoms with van der Waals surface area (Å²) < 4.78 is 37.5. The number of benzene rings is 2. The maximum absolute atomic E-state index is 13.7. The summed E-state index contributed by atoms with van der Waals surface area (Å²) in [4.78, 5) is 14.9. The van der Waals surface area contributed by atoms with Crippen molar-refractivity contribution in [2.75, 3.05) is 13.3 Å². The molecule has 5 nitrogen and oxygen atoms in total. The van der Waals surface area contributed by atoms with Gasteiger partial charge in [0, 0.05) is 18.0 Å². The number of hydrogen-bond donors (Lipinski definition) is 2. The van der Waals surface area contributed by atoms with E-state index in [0.29, 0.717) is 24.5 Å². The Labute approximate surface area is 141 Å². The predicted octanol–water partition coefficient (Wildman–Crippen LogP) is 3.15. The van der Waals surface area contributed by atoms with Gasteiger partial charge in [-0.1, -0.05) is 6.07 Å². The Kier molecular flexibility index (Phi) is 3.76. The van der Waals surface area contributed by atoms with Crippen LogP contribution in [0.2, 0.25) is 0 Å². The Balaban J connectivity index is 1.41. The monoisotopic (exact) mass is 344 g/mol. The topological polar surface area (TPSA) is 63.4 Å². The number of rotatable bonds is 4. The van der Waals surface area contributed by atoms with E-state index in [0.717, 1.165) is 17.7 Å². The third-order valence-corrected chi connectivity index (χ3v) is 4.03. The molecule has 0 bridgehead atoms. The number of hydrogen-bond acceptors (Lipinski definition) is 3. The van der Waals surface area contributed by atoms with Gasteiger partial charge in [0.1, 0.15) is 17.3 Å². The van der Waals surface area contributed by atoms with Crippen molar-refractivity contribution in [1.82, 2.24) is 10.3 Å². The predicted molar refractivity (Wildman–Crippen MR) is 86.8 cm³/mol. The molecular weight excluding hydrogens is 330 g/mol. The second-order valence-corrected chi connectivity index (χ2v) is 5.73. The summed E-state index contributed by atoms with van der Waals surface area (Å²) >= 11 is 0. The van der Waals surface area contributed by atoms with E-state index in [1.54, 1.807) is 0 Å². The normalized spacial score (nSPS) is 12.6. The number of amides is 1. The second-order valence-electron chi connectivity index (χ2n) is 5.73. The molecule has 25 heavy (non-hydrogen) atoms. The number of halogens is 2.